The Kier molecular flexibility index (Phi) is 5.44. The highest BCUT2D eigenvalue weighted by molar-refractivity contribution is 5.98. The smallest absolute Gasteiger partial charge is 0.289 e. The predicted octanol–water partition coefficient (Wildman–Crippen LogP) is 1.88. The lowest BCUT2D eigenvalue weighted by molar-refractivity contribution is -0.121. The number of nitrogens with two attached hydrogens (primary N) is 1. The van der Waals surface area contributed by atoms with Gasteiger partial charge in [0, 0.05) is 24.6 Å². The van der Waals surface area contributed by atoms with Crippen molar-refractivity contribution in [3.63, 3.8) is 0 Å². The normalized spacial score (nSPS) is 14.6. The van der Waals surface area contributed by atoms with Crippen molar-refractivity contribution in [3.05, 3.63) is 47.9 Å². The first-order valence-electron chi connectivity index (χ1n) is 8.61. The molecule has 1 saturated heterocycles. The summed E-state index contributed by atoms with van der Waals surface area (Å²) in [6, 6.07) is 7.91. The third kappa shape index (κ3) is 4.11. The first kappa shape index (κ1) is 18.5. The zero-order valence-corrected chi connectivity index (χ0v) is 14.9. The van der Waals surface area contributed by atoms with Crippen molar-refractivity contribution in [2.75, 3.05) is 25.5 Å². The fraction of sp³-hybridized carbons (Fsp3) is 0.316. The largest absolute Gasteiger partial charge is 0.495 e. The number of methoxy groups -OCH3 is 1. The lowest BCUT2D eigenvalue weighted by Crippen LogP contribution is -2.41. The highest BCUT2D eigenvalue weighted by Crippen LogP contribution is 2.27. The van der Waals surface area contributed by atoms with Gasteiger partial charge in [0.2, 0.25) is 11.8 Å². The minimum atomic E-state index is -0.585. The van der Waals surface area contributed by atoms with Crippen LogP contribution in [0.25, 0.3) is 0 Å². The fourth-order valence-corrected chi connectivity index (χ4v) is 3.09. The van der Waals surface area contributed by atoms with E-state index in [1.165, 1.54) is 25.5 Å². The van der Waals surface area contributed by atoms with Crippen molar-refractivity contribution in [1.29, 1.82) is 0 Å². The molecule has 0 atom stereocenters. The summed E-state index contributed by atoms with van der Waals surface area (Å²) < 4.78 is 10.4. The Bertz CT molecular complexity index is 839. The van der Waals surface area contributed by atoms with Crippen LogP contribution in [0.3, 0.4) is 0 Å². The summed E-state index contributed by atoms with van der Waals surface area (Å²) in [6.45, 7) is 0.937. The van der Waals surface area contributed by atoms with E-state index in [1.54, 1.807) is 23.1 Å². The third-order valence-electron chi connectivity index (χ3n) is 4.63. The molecule has 1 aliphatic rings. The number of benzene rings is 1. The molecule has 8 nitrogen and oxygen atoms in total. The summed E-state index contributed by atoms with van der Waals surface area (Å²) in [5.41, 5.74) is 5.97. The Labute approximate surface area is 156 Å². The number of nitrogens with zero attached hydrogens (tertiary/aromatic N) is 1. The average molecular weight is 371 g/mol. The SMILES string of the molecule is COc1ccc(C(N)=O)cc1NC(=O)C1CCN(C(=O)c2ccco2)CC1. The summed E-state index contributed by atoms with van der Waals surface area (Å²) in [5.74, 6) is -0.440. The first-order chi connectivity index (χ1) is 13.0. The number of piperidine rings is 1. The molecule has 2 aromatic rings. The molecular weight excluding hydrogens is 350 g/mol. The standard InChI is InChI=1S/C19H21N3O5/c1-26-15-5-4-13(17(20)23)11-14(15)21-18(24)12-6-8-22(9-7-12)19(25)16-3-2-10-27-16/h2-5,10-12H,6-9H2,1H3,(H2,20,23)(H,21,24). The van der Waals surface area contributed by atoms with E-state index in [4.69, 9.17) is 14.9 Å². The van der Waals surface area contributed by atoms with E-state index < -0.39 is 5.91 Å². The second-order valence-corrected chi connectivity index (χ2v) is 6.31. The molecule has 8 heteroatoms. The van der Waals surface area contributed by atoms with Crippen LogP contribution in [0.2, 0.25) is 0 Å². The van der Waals surface area contributed by atoms with E-state index in [0.717, 1.165) is 0 Å². The van der Waals surface area contributed by atoms with Crippen LogP contribution in [-0.4, -0.2) is 42.8 Å². The van der Waals surface area contributed by atoms with Gasteiger partial charge in [0.15, 0.2) is 5.76 Å². The van der Waals surface area contributed by atoms with Gasteiger partial charge >= 0.3 is 0 Å². The van der Waals surface area contributed by atoms with Gasteiger partial charge in [-0.05, 0) is 43.2 Å². The molecule has 3 amide bonds. The van der Waals surface area contributed by atoms with Gasteiger partial charge in [-0.2, -0.15) is 0 Å². The van der Waals surface area contributed by atoms with Gasteiger partial charge in [-0.25, -0.2) is 0 Å². The minimum Gasteiger partial charge on any atom is -0.495 e. The molecule has 3 rings (SSSR count). The molecule has 0 saturated carbocycles. The number of rotatable bonds is 5. The van der Waals surface area contributed by atoms with Crippen molar-refractivity contribution < 1.29 is 23.5 Å². The second-order valence-electron chi connectivity index (χ2n) is 6.31. The quantitative estimate of drug-likeness (QED) is 0.833. The van der Waals surface area contributed by atoms with Crippen LogP contribution >= 0.6 is 0 Å². The maximum atomic E-state index is 12.6. The number of hydrogen-bond acceptors (Lipinski definition) is 5. The van der Waals surface area contributed by atoms with Gasteiger partial charge in [0.25, 0.3) is 5.91 Å². The van der Waals surface area contributed by atoms with E-state index in [-0.39, 0.29) is 23.3 Å². The number of amides is 3. The second kappa shape index (κ2) is 7.94. The average Bonchev–Trinajstić information content (AvgIpc) is 3.22. The summed E-state index contributed by atoms with van der Waals surface area (Å²) in [7, 11) is 1.48. The molecule has 1 fully saturated rings. The van der Waals surface area contributed by atoms with Crippen molar-refractivity contribution in [3.8, 4) is 5.75 Å². The Morgan fingerprint density at radius 1 is 1.22 bits per heavy atom. The number of primary amides is 1. The monoisotopic (exact) mass is 371 g/mol. The van der Waals surface area contributed by atoms with Gasteiger partial charge in [-0.1, -0.05) is 0 Å². The highest BCUT2D eigenvalue weighted by atomic mass is 16.5. The van der Waals surface area contributed by atoms with E-state index in [2.05, 4.69) is 5.32 Å². The number of anilines is 1. The summed E-state index contributed by atoms with van der Waals surface area (Å²) >= 11 is 0. The lowest BCUT2D eigenvalue weighted by atomic mass is 9.95. The molecule has 3 N–H and O–H groups in total. The maximum absolute atomic E-state index is 12.6. The molecule has 0 unspecified atom stereocenters. The van der Waals surface area contributed by atoms with E-state index >= 15 is 0 Å². The van der Waals surface area contributed by atoms with E-state index in [9.17, 15) is 14.4 Å². The topological polar surface area (TPSA) is 115 Å². The number of hydrogen-bond donors (Lipinski definition) is 2. The van der Waals surface area contributed by atoms with E-state index in [0.29, 0.717) is 43.1 Å². The van der Waals surface area contributed by atoms with Crippen molar-refractivity contribution >= 4 is 23.4 Å². The van der Waals surface area contributed by atoms with Crippen LogP contribution in [0.4, 0.5) is 5.69 Å². The molecule has 1 aromatic carbocycles. The molecule has 2 heterocycles. The zero-order valence-electron chi connectivity index (χ0n) is 14.9. The minimum absolute atomic E-state index is 0.172. The summed E-state index contributed by atoms with van der Waals surface area (Å²) in [5, 5.41) is 2.80. The van der Waals surface area contributed by atoms with Crippen LogP contribution in [0.15, 0.2) is 41.0 Å². The third-order valence-corrected chi connectivity index (χ3v) is 4.63. The van der Waals surface area contributed by atoms with Crippen LogP contribution in [0.1, 0.15) is 33.8 Å². The molecule has 1 aromatic heterocycles. The van der Waals surface area contributed by atoms with Gasteiger partial charge in [-0.3, -0.25) is 14.4 Å². The van der Waals surface area contributed by atoms with E-state index in [1.807, 2.05) is 0 Å². The van der Waals surface area contributed by atoms with Crippen LogP contribution in [0, 0.1) is 5.92 Å². The Morgan fingerprint density at radius 2 is 1.96 bits per heavy atom. The number of carbonyl (C=O) groups excluding carboxylic acids is 3. The van der Waals surface area contributed by atoms with Gasteiger partial charge in [0.1, 0.15) is 5.75 Å². The molecule has 0 bridgehead atoms. The number of likely N-dealkylation sites (tertiary alicyclic amines) is 1. The number of furan rings is 1. The van der Waals surface area contributed by atoms with Gasteiger partial charge in [-0.15, -0.1) is 0 Å². The molecule has 0 spiro atoms. The number of nitrogens with one attached hydrogen (secondary N) is 1. The molecule has 142 valence electrons. The molecule has 0 radical (unpaired) electrons. The van der Waals surface area contributed by atoms with Crippen LogP contribution in [-0.2, 0) is 4.79 Å². The highest BCUT2D eigenvalue weighted by Gasteiger charge is 2.29. The molecule has 27 heavy (non-hydrogen) atoms. The van der Waals surface area contributed by atoms with Crippen molar-refractivity contribution in [1.82, 2.24) is 4.90 Å². The van der Waals surface area contributed by atoms with Crippen LogP contribution in [0.5, 0.6) is 5.75 Å². The van der Waals surface area contributed by atoms with Gasteiger partial charge in [0.05, 0.1) is 19.1 Å². The molecule has 1 aliphatic heterocycles. The summed E-state index contributed by atoms with van der Waals surface area (Å²) in [4.78, 5) is 37.9. The van der Waals surface area contributed by atoms with Gasteiger partial charge < -0.3 is 25.1 Å². The number of carbonyl (C=O) groups is 3. The van der Waals surface area contributed by atoms with Crippen molar-refractivity contribution in [2.24, 2.45) is 11.7 Å². The molecule has 0 aliphatic carbocycles. The van der Waals surface area contributed by atoms with Crippen molar-refractivity contribution in [2.45, 2.75) is 12.8 Å². The first-order valence-corrected chi connectivity index (χ1v) is 8.61. The lowest BCUT2D eigenvalue weighted by Gasteiger charge is -2.30. The Balaban J connectivity index is 1.62. The number of ether oxygens (including phenoxy) is 1. The maximum Gasteiger partial charge on any atom is 0.289 e. The molecular formula is C19H21N3O5. The Morgan fingerprint density at radius 3 is 2.56 bits per heavy atom. The predicted molar refractivity (Wildman–Crippen MR) is 97.5 cm³/mol. The summed E-state index contributed by atoms with van der Waals surface area (Å²) in [6.07, 6.45) is 2.53. The fourth-order valence-electron chi connectivity index (χ4n) is 3.09. The Hall–Kier alpha value is -3.29. The zero-order chi connectivity index (χ0) is 19.4. The van der Waals surface area contributed by atoms with Crippen LogP contribution < -0.4 is 15.8 Å².